The Balaban J connectivity index is 1.42. The van der Waals surface area contributed by atoms with Gasteiger partial charge in [0.2, 0.25) is 0 Å². The summed E-state index contributed by atoms with van der Waals surface area (Å²) in [5, 5.41) is 0.892. The number of rotatable bonds is 3. The van der Waals surface area contributed by atoms with Gasteiger partial charge in [-0.05, 0) is 37.7 Å². The van der Waals surface area contributed by atoms with Crippen molar-refractivity contribution in [3.63, 3.8) is 0 Å². The molecule has 2 saturated heterocycles. The van der Waals surface area contributed by atoms with Crippen molar-refractivity contribution < 1.29 is 9.59 Å². The van der Waals surface area contributed by atoms with Crippen molar-refractivity contribution in [1.29, 1.82) is 0 Å². The van der Waals surface area contributed by atoms with Crippen molar-refractivity contribution in [3.05, 3.63) is 71.7 Å². The third kappa shape index (κ3) is 3.96. The number of carbonyl (C=O) groups excluding carboxylic acids is 2. The molecule has 32 heavy (non-hydrogen) atoms. The van der Waals surface area contributed by atoms with Crippen LogP contribution in [0.1, 0.15) is 38.7 Å². The van der Waals surface area contributed by atoms with Crippen LogP contribution in [0.3, 0.4) is 0 Å². The van der Waals surface area contributed by atoms with Gasteiger partial charge in [0.25, 0.3) is 11.8 Å². The maximum Gasteiger partial charge on any atom is 0.254 e. The van der Waals surface area contributed by atoms with E-state index in [9.17, 15) is 9.59 Å². The number of piperazine rings is 1. The Morgan fingerprint density at radius 3 is 2.44 bits per heavy atom. The molecule has 7 nitrogen and oxygen atoms in total. The van der Waals surface area contributed by atoms with Crippen LogP contribution in [0.5, 0.6) is 0 Å². The quantitative estimate of drug-likeness (QED) is 0.640. The number of pyridine rings is 2. The number of para-hydroxylation sites is 1. The first-order chi connectivity index (χ1) is 15.6. The van der Waals surface area contributed by atoms with Crippen molar-refractivity contribution in [2.24, 2.45) is 0 Å². The average Bonchev–Trinajstić information content (AvgIpc) is 3.34. The summed E-state index contributed by atoms with van der Waals surface area (Å²) in [6.45, 7) is 4.53. The molecular weight excluding hydrogens is 402 g/mol. The van der Waals surface area contributed by atoms with Crippen LogP contribution in [0, 0.1) is 0 Å². The Labute approximate surface area is 187 Å². The largest absolute Gasteiger partial charge is 0.338 e. The van der Waals surface area contributed by atoms with Crippen molar-refractivity contribution in [2.45, 2.75) is 12.3 Å². The average molecular weight is 430 g/mol. The van der Waals surface area contributed by atoms with Gasteiger partial charge in [0.1, 0.15) is 0 Å². The Kier molecular flexibility index (Phi) is 5.57. The fraction of sp³-hybridized carbons (Fsp3) is 0.360. The maximum atomic E-state index is 13.5. The second kappa shape index (κ2) is 8.67. The fourth-order valence-electron chi connectivity index (χ4n) is 4.63. The van der Waals surface area contributed by atoms with Crippen LogP contribution >= 0.6 is 0 Å². The first kappa shape index (κ1) is 20.6. The van der Waals surface area contributed by atoms with Crippen LogP contribution in [0.15, 0.2) is 54.9 Å². The van der Waals surface area contributed by atoms with Crippen molar-refractivity contribution >= 4 is 22.7 Å². The number of fused-ring (bicyclic) bond motifs is 1. The molecule has 3 aromatic rings. The zero-order valence-corrected chi connectivity index (χ0v) is 18.3. The maximum absolute atomic E-state index is 13.5. The number of aromatic nitrogens is 2. The molecule has 5 rings (SSSR count). The van der Waals surface area contributed by atoms with Gasteiger partial charge in [-0.1, -0.05) is 18.2 Å². The molecule has 0 radical (unpaired) electrons. The molecule has 1 aromatic carbocycles. The summed E-state index contributed by atoms with van der Waals surface area (Å²) in [7, 11) is 2.08. The van der Waals surface area contributed by atoms with E-state index in [1.54, 1.807) is 24.5 Å². The number of likely N-dealkylation sites (tertiary alicyclic amines) is 1. The van der Waals surface area contributed by atoms with Gasteiger partial charge in [0.05, 0.1) is 11.1 Å². The summed E-state index contributed by atoms with van der Waals surface area (Å²) in [6, 6.07) is 13.3. The van der Waals surface area contributed by atoms with Gasteiger partial charge in [0.15, 0.2) is 0 Å². The molecule has 0 N–H and O–H groups in total. The zero-order valence-electron chi connectivity index (χ0n) is 18.3. The summed E-state index contributed by atoms with van der Waals surface area (Å²) in [6.07, 6.45) is 4.12. The number of carbonyl (C=O) groups is 2. The van der Waals surface area contributed by atoms with Gasteiger partial charge >= 0.3 is 0 Å². The molecular formula is C25H27N5O2. The lowest BCUT2D eigenvalue weighted by Crippen LogP contribution is -2.47. The summed E-state index contributed by atoms with van der Waals surface area (Å²) < 4.78 is 0. The minimum absolute atomic E-state index is 0.0180. The van der Waals surface area contributed by atoms with E-state index in [0.717, 1.165) is 49.2 Å². The van der Waals surface area contributed by atoms with Gasteiger partial charge in [0, 0.05) is 74.2 Å². The highest BCUT2D eigenvalue weighted by Crippen LogP contribution is 2.30. The smallest absolute Gasteiger partial charge is 0.254 e. The molecule has 1 atom stereocenters. The second-order valence-corrected chi connectivity index (χ2v) is 8.68. The highest BCUT2D eigenvalue weighted by Gasteiger charge is 2.30. The second-order valence-electron chi connectivity index (χ2n) is 8.68. The molecule has 2 fully saturated rings. The highest BCUT2D eigenvalue weighted by atomic mass is 16.2. The number of benzene rings is 1. The zero-order chi connectivity index (χ0) is 22.1. The molecule has 2 aliphatic rings. The predicted octanol–water partition coefficient (Wildman–Crippen LogP) is 2.65. The van der Waals surface area contributed by atoms with Crippen molar-refractivity contribution in [2.75, 3.05) is 46.3 Å². The number of hydrogen-bond donors (Lipinski definition) is 0. The Morgan fingerprint density at radius 1 is 0.906 bits per heavy atom. The first-order valence-electron chi connectivity index (χ1n) is 11.2. The standard InChI is InChI=1S/C25H27N5O2/c1-28-12-14-29(15-13-28)25(32)21-16-23(27-22-5-3-2-4-20(21)22)19-8-11-30(17-19)24(31)18-6-9-26-10-7-18/h2-7,9-10,16,19H,8,11-15,17H2,1H3. The molecule has 4 heterocycles. The normalized spacial score (nSPS) is 19.5. The third-order valence-corrected chi connectivity index (χ3v) is 6.58. The lowest BCUT2D eigenvalue weighted by atomic mass is 9.98. The third-order valence-electron chi connectivity index (χ3n) is 6.58. The van der Waals surface area contributed by atoms with Crippen LogP contribution in [-0.2, 0) is 0 Å². The molecule has 2 aliphatic heterocycles. The van der Waals surface area contributed by atoms with Crippen molar-refractivity contribution in [1.82, 2.24) is 24.7 Å². The van der Waals surface area contributed by atoms with Gasteiger partial charge in [-0.2, -0.15) is 0 Å². The summed E-state index contributed by atoms with van der Waals surface area (Å²) in [5.74, 6) is 0.203. The fourth-order valence-corrected chi connectivity index (χ4v) is 4.63. The van der Waals surface area contributed by atoms with E-state index in [4.69, 9.17) is 4.98 Å². The van der Waals surface area contributed by atoms with Gasteiger partial charge < -0.3 is 14.7 Å². The monoisotopic (exact) mass is 429 g/mol. The summed E-state index contributed by atoms with van der Waals surface area (Å²) in [5.41, 5.74) is 3.10. The number of hydrogen-bond acceptors (Lipinski definition) is 5. The van der Waals surface area contributed by atoms with E-state index >= 15 is 0 Å². The molecule has 2 amide bonds. The number of likely N-dealkylation sites (N-methyl/N-ethyl adjacent to an activating group) is 1. The lowest BCUT2D eigenvalue weighted by Gasteiger charge is -2.32. The topological polar surface area (TPSA) is 69.6 Å². The van der Waals surface area contributed by atoms with E-state index in [2.05, 4.69) is 16.9 Å². The van der Waals surface area contributed by atoms with Crippen LogP contribution < -0.4 is 0 Å². The van der Waals surface area contributed by atoms with Gasteiger partial charge in [-0.3, -0.25) is 19.6 Å². The molecule has 0 aliphatic carbocycles. The van der Waals surface area contributed by atoms with E-state index < -0.39 is 0 Å². The molecule has 2 aromatic heterocycles. The molecule has 0 bridgehead atoms. The lowest BCUT2D eigenvalue weighted by molar-refractivity contribution is 0.0665. The van der Waals surface area contributed by atoms with E-state index in [-0.39, 0.29) is 17.7 Å². The number of nitrogens with zero attached hydrogens (tertiary/aromatic N) is 5. The van der Waals surface area contributed by atoms with Crippen molar-refractivity contribution in [3.8, 4) is 0 Å². The molecule has 7 heteroatoms. The molecule has 1 unspecified atom stereocenters. The van der Waals surface area contributed by atoms with Crippen LogP contribution in [0.4, 0.5) is 0 Å². The predicted molar refractivity (Wildman–Crippen MR) is 123 cm³/mol. The Bertz CT molecular complexity index is 1140. The van der Waals surface area contributed by atoms with E-state index in [1.165, 1.54) is 0 Å². The highest BCUT2D eigenvalue weighted by molar-refractivity contribution is 6.06. The van der Waals surface area contributed by atoms with Crippen LogP contribution in [-0.4, -0.2) is 82.8 Å². The van der Waals surface area contributed by atoms with Crippen LogP contribution in [0.2, 0.25) is 0 Å². The molecule has 0 spiro atoms. The van der Waals surface area contributed by atoms with E-state index in [0.29, 0.717) is 24.2 Å². The minimum atomic E-state index is 0.0180. The van der Waals surface area contributed by atoms with Gasteiger partial charge in [-0.25, -0.2) is 0 Å². The summed E-state index contributed by atoms with van der Waals surface area (Å²) in [4.78, 5) is 41.3. The number of amides is 2. The first-order valence-corrected chi connectivity index (χ1v) is 11.2. The minimum Gasteiger partial charge on any atom is -0.338 e. The summed E-state index contributed by atoms with van der Waals surface area (Å²) >= 11 is 0. The SMILES string of the molecule is CN1CCN(C(=O)c2cc(C3CCN(C(=O)c4ccncc4)C3)nc3ccccc23)CC1. The Hall–Kier alpha value is -3.32. The molecule has 0 saturated carbocycles. The molecule has 164 valence electrons. The van der Waals surface area contributed by atoms with Crippen LogP contribution in [0.25, 0.3) is 10.9 Å². The Morgan fingerprint density at radius 2 is 1.66 bits per heavy atom. The van der Waals surface area contributed by atoms with Gasteiger partial charge in [-0.15, -0.1) is 0 Å². The van der Waals surface area contributed by atoms with E-state index in [1.807, 2.05) is 40.1 Å².